The highest BCUT2D eigenvalue weighted by atomic mass is 32.2. The minimum absolute atomic E-state index is 0.0358. The van der Waals surface area contributed by atoms with E-state index < -0.39 is 10.0 Å². The maximum absolute atomic E-state index is 13.3. The third-order valence-corrected chi connectivity index (χ3v) is 6.02. The lowest BCUT2D eigenvalue weighted by molar-refractivity contribution is -0.137. The lowest BCUT2D eigenvalue weighted by Crippen LogP contribution is -2.53. The number of aromatic nitrogens is 1. The van der Waals surface area contributed by atoms with Crippen molar-refractivity contribution in [3.8, 4) is 0 Å². The molecule has 1 fully saturated rings. The lowest BCUT2D eigenvalue weighted by Gasteiger charge is -2.34. The third-order valence-electron chi connectivity index (χ3n) is 5.09. The molecular weight excluding hydrogens is 411 g/mol. The molecule has 10 heteroatoms. The summed E-state index contributed by atoms with van der Waals surface area (Å²) in [4.78, 5) is 28.2. The second-order valence-electron chi connectivity index (χ2n) is 7.05. The zero-order chi connectivity index (χ0) is 21.5. The van der Waals surface area contributed by atoms with Crippen LogP contribution in [0.3, 0.4) is 0 Å². The molecule has 1 aromatic heterocycles. The predicted octanol–water partition coefficient (Wildman–Crippen LogP) is 1.30. The van der Waals surface area contributed by atoms with Crippen LogP contribution in [0.2, 0.25) is 0 Å². The molecule has 0 aliphatic carbocycles. The van der Waals surface area contributed by atoms with Crippen LogP contribution in [0, 0.1) is 5.82 Å². The number of amides is 2. The average Bonchev–Trinajstić information content (AvgIpc) is 3.09. The van der Waals surface area contributed by atoms with Crippen LogP contribution < -0.4 is 10.0 Å². The Kier molecular flexibility index (Phi) is 5.04. The van der Waals surface area contributed by atoms with Crippen LogP contribution in [-0.4, -0.2) is 49.3 Å². The SMILES string of the molecule is NS(=O)(=O)c1ccc(N2CCN(C(=O)Cn3ccc4cc(F)ccc43)CC2=O)cc1. The molecule has 0 spiro atoms. The second kappa shape index (κ2) is 7.54. The quantitative estimate of drug-likeness (QED) is 0.673. The normalized spacial score (nSPS) is 15.1. The first-order valence-electron chi connectivity index (χ1n) is 9.18. The van der Waals surface area contributed by atoms with Gasteiger partial charge < -0.3 is 14.4 Å². The number of carbonyl (C=O) groups excluding carboxylic acids is 2. The summed E-state index contributed by atoms with van der Waals surface area (Å²) in [6, 6.07) is 11.8. The summed E-state index contributed by atoms with van der Waals surface area (Å²) in [6.07, 6.45) is 1.72. The first-order valence-corrected chi connectivity index (χ1v) is 10.7. The fourth-order valence-electron chi connectivity index (χ4n) is 3.53. The number of nitrogens with zero attached hydrogens (tertiary/aromatic N) is 3. The largest absolute Gasteiger partial charge is 0.338 e. The Hall–Kier alpha value is -3.24. The van der Waals surface area contributed by atoms with E-state index in [4.69, 9.17) is 5.14 Å². The highest BCUT2D eigenvalue weighted by Gasteiger charge is 2.28. The van der Waals surface area contributed by atoms with Gasteiger partial charge in [-0.3, -0.25) is 9.59 Å². The molecule has 0 radical (unpaired) electrons. The van der Waals surface area contributed by atoms with Crippen molar-refractivity contribution in [1.82, 2.24) is 9.47 Å². The van der Waals surface area contributed by atoms with Gasteiger partial charge in [-0.05, 0) is 48.5 Å². The fourth-order valence-corrected chi connectivity index (χ4v) is 4.04. The number of sulfonamides is 1. The van der Waals surface area contributed by atoms with Crippen molar-refractivity contribution in [3.05, 3.63) is 60.5 Å². The van der Waals surface area contributed by atoms with E-state index in [1.54, 1.807) is 22.9 Å². The lowest BCUT2D eigenvalue weighted by atomic mass is 10.2. The Morgan fingerprint density at radius 1 is 1.07 bits per heavy atom. The van der Waals surface area contributed by atoms with Gasteiger partial charge in [0.2, 0.25) is 21.8 Å². The first kappa shape index (κ1) is 20.0. The van der Waals surface area contributed by atoms with Crippen LogP contribution in [0.25, 0.3) is 10.9 Å². The zero-order valence-corrected chi connectivity index (χ0v) is 16.7. The van der Waals surface area contributed by atoms with Crippen LogP contribution >= 0.6 is 0 Å². The van der Waals surface area contributed by atoms with Gasteiger partial charge in [-0.15, -0.1) is 0 Å². The Bertz CT molecular complexity index is 1240. The van der Waals surface area contributed by atoms with E-state index in [2.05, 4.69) is 0 Å². The van der Waals surface area contributed by atoms with Gasteiger partial charge in [0.05, 0.1) is 4.90 Å². The predicted molar refractivity (Wildman–Crippen MR) is 109 cm³/mol. The summed E-state index contributed by atoms with van der Waals surface area (Å²) in [6.45, 7) is 0.599. The van der Waals surface area contributed by atoms with Crippen LogP contribution in [-0.2, 0) is 26.2 Å². The van der Waals surface area contributed by atoms with Crippen molar-refractivity contribution in [1.29, 1.82) is 0 Å². The number of fused-ring (bicyclic) bond motifs is 1. The Balaban J connectivity index is 1.43. The van der Waals surface area contributed by atoms with E-state index in [-0.39, 0.29) is 42.2 Å². The van der Waals surface area contributed by atoms with Crippen LogP contribution in [0.5, 0.6) is 0 Å². The van der Waals surface area contributed by atoms with Crippen LogP contribution in [0.15, 0.2) is 59.6 Å². The van der Waals surface area contributed by atoms with Gasteiger partial charge in [-0.2, -0.15) is 0 Å². The third kappa shape index (κ3) is 3.91. The smallest absolute Gasteiger partial charge is 0.246 e. The van der Waals surface area contributed by atoms with E-state index in [9.17, 15) is 22.4 Å². The molecule has 4 rings (SSSR count). The number of halogens is 1. The number of nitrogens with two attached hydrogens (primary N) is 1. The molecule has 0 saturated carbocycles. The van der Waals surface area contributed by atoms with Gasteiger partial charge in [-0.1, -0.05) is 0 Å². The van der Waals surface area contributed by atoms with Gasteiger partial charge in [0.1, 0.15) is 18.9 Å². The number of benzene rings is 2. The number of hydrogen-bond donors (Lipinski definition) is 1. The number of anilines is 1. The second-order valence-corrected chi connectivity index (χ2v) is 8.61. The number of piperazine rings is 1. The van der Waals surface area contributed by atoms with E-state index in [1.807, 2.05) is 0 Å². The Morgan fingerprint density at radius 3 is 2.47 bits per heavy atom. The number of primary sulfonamides is 1. The number of hydrogen-bond acceptors (Lipinski definition) is 4. The molecule has 0 unspecified atom stereocenters. The molecule has 0 atom stereocenters. The standard InChI is InChI=1S/C20H19FN4O4S/c21-15-1-6-18-14(11-15)7-8-23(18)12-19(26)24-9-10-25(20(27)13-24)16-2-4-17(5-3-16)30(22,28)29/h1-8,11H,9-10,12-13H2,(H2,22,28,29). The highest BCUT2D eigenvalue weighted by molar-refractivity contribution is 7.89. The van der Waals surface area contributed by atoms with Gasteiger partial charge in [0.25, 0.3) is 0 Å². The molecule has 30 heavy (non-hydrogen) atoms. The summed E-state index contributed by atoms with van der Waals surface area (Å²) in [5.41, 5.74) is 1.28. The average molecular weight is 430 g/mol. The minimum atomic E-state index is -3.81. The van der Waals surface area contributed by atoms with E-state index in [1.165, 1.54) is 46.2 Å². The molecule has 1 aliphatic rings. The summed E-state index contributed by atoms with van der Waals surface area (Å²) in [7, 11) is -3.81. The van der Waals surface area contributed by atoms with E-state index >= 15 is 0 Å². The molecule has 2 N–H and O–H groups in total. The number of carbonyl (C=O) groups is 2. The van der Waals surface area contributed by atoms with Crippen molar-refractivity contribution in [2.75, 3.05) is 24.5 Å². The molecule has 8 nitrogen and oxygen atoms in total. The van der Waals surface area contributed by atoms with Gasteiger partial charge in [0.15, 0.2) is 0 Å². The molecular formula is C20H19FN4O4S. The van der Waals surface area contributed by atoms with Crippen molar-refractivity contribution < 1.29 is 22.4 Å². The Labute approximate surface area is 172 Å². The topological polar surface area (TPSA) is 106 Å². The maximum Gasteiger partial charge on any atom is 0.246 e. The molecule has 2 heterocycles. The highest BCUT2D eigenvalue weighted by Crippen LogP contribution is 2.21. The van der Waals surface area contributed by atoms with E-state index in [0.29, 0.717) is 17.6 Å². The van der Waals surface area contributed by atoms with Gasteiger partial charge in [-0.25, -0.2) is 17.9 Å². The molecule has 156 valence electrons. The molecule has 1 aliphatic heterocycles. The van der Waals surface area contributed by atoms with Crippen molar-refractivity contribution in [3.63, 3.8) is 0 Å². The summed E-state index contributed by atoms with van der Waals surface area (Å²) in [5.74, 6) is -0.822. The Morgan fingerprint density at radius 2 is 1.80 bits per heavy atom. The molecule has 0 bridgehead atoms. The number of rotatable bonds is 4. The monoisotopic (exact) mass is 430 g/mol. The van der Waals surface area contributed by atoms with Crippen molar-refractivity contribution >= 4 is 38.4 Å². The van der Waals surface area contributed by atoms with Crippen molar-refractivity contribution in [2.45, 2.75) is 11.4 Å². The summed E-state index contributed by atoms with van der Waals surface area (Å²) >= 11 is 0. The molecule has 1 saturated heterocycles. The fraction of sp³-hybridized carbons (Fsp3) is 0.200. The maximum atomic E-state index is 13.3. The molecule has 2 aromatic carbocycles. The first-order chi connectivity index (χ1) is 14.2. The molecule has 2 amide bonds. The van der Waals surface area contributed by atoms with Gasteiger partial charge >= 0.3 is 0 Å². The minimum Gasteiger partial charge on any atom is -0.338 e. The molecule has 3 aromatic rings. The summed E-state index contributed by atoms with van der Waals surface area (Å²) in [5, 5.41) is 5.79. The zero-order valence-electron chi connectivity index (χ0n) is 15.9. The van der Waals surface area contributed by atoms with E-state index in [0.717, 1.165) is 5.52 Å². The summed E-state index contributed by atoms with van der Waals surface area (Å²) < 4.78 is 37.8. The van der Waals surface area contributed by atoms with Crippen molar-refractivity contribution in [2.24, 2.45) is 5.14 Å². The van der Waals surface area contributed by atoms with Gasteiger partial charge in [0, 0.05) is 35.9 Å². The van der Waals surface area contributed by atoms with Crippen LogP contribution in [0.4, 0.5) is 10.1 Å². The van der Waals surface area contributed by atoms with Crippen LogP contribution in [0.1, 0.15) is 0 Å².